The van der Waals surface area contributed by atoms with Gasteiger partial charge >= 0.3 is 0 Å². The highest BCUT2D eigenvalue weighted by Gasteiger charge is 2.26. The zero-order chi connectivity index (χ0) is 19.0. The first-order valence-electron chi connectivity index (χ1n) is 9.12. The van der Waals surface area contributed by atoms with Crippen LogP contribution < -0.4 is 16.4 Å². The van der Waals surface area contributed by atoms with Gasteiger partial charge in [-0.3, -0.25) is 14.8 Å². The molecule has 1 aliphatic heterocycles. The van der Waals surface area contributed by atoms with E-state index in [0.717, 1.165) is 30.8 Å². The van der Waals surface area contributed by atoms with Gasteiger partial charge < -0.3 is 20.8 Å². The van der Waals surface area contributed by atoms with Gasteiger partial charge in [-0.1, -0.05) is 6.92 Å². The van der Waals surface area contributed by atoms with Crippen molar-refractivity contribution in [2.24, 2.45) is 11.7 Å². The quantitative estimate of drug-likeness (QED) is 0.683. The molecular formula is C20H23N5O2. The van der Waals surface area contributed by atoms with E-state index >= 15 is 0 Å². The first kappa shape index (κ1) is 17.5. The molecule has 0 radical (unpaired) electrons. The zero-order valence-corrected chi connectivity index (χ0v) is 15.3. The molecule has 1 fully saturated rings. The number of pyridine rings is 2. The van der Waals surface area contributed by atoms with E-state index in [1.54, 1.807) is 30.7 Å². The maximum absolute atomic E-state index is 13.0. The summed E-state index contributed by atoms with van der Waals surface area (Å²) in [4.78, 5) is 23.7. The topological polar surface area (TPSA) is 111 Å². The molecule has 140 valence electrons. The Kier molecular flexibility index (Phi) is 4.53. The predicted octanol–water partition coefficient (Wildman–Crippen LogP) is 2.40. The molecule has 0 aromatic carbocycles. The third-order valence-corrected chi connectivity index (χ3v) is 5.01. The third kappa shape index (κ3) is 3.38. The molecule has 1 aliphatic rings. The van der Waals surface area contributed by atoms with Crippen molar-refractivity contribution in [2.75, 3.05) is 23.7 Å². The summed E-state index contributed by atoms with van der Waals surface area (Å²) in [5, 5.41) is 0. The summed E-state index contributed by atoms with van der Waals surface area (Å²) in [7, 11) is 0. The third-order valence-electron chi connectivity index (χ3n) is 5.01. The van der Waals surface area contributed by atoms with Crippen LogP contribution in [-0.4, -0.2) is 34.9 Å². The normalized spacial score (nSPS) is 20.1. The molecule has 1 saturated heterocycles. The second-order valence-corrected chi connectivity index (χ2v) is 7.30. The predicted molar refractivity (Wildman–Crippen MR) is 105 cm³/mol. The van der Waals surface area contributed by atoms with E-state index in [1.165, 1.54) is 0 Å². The van der Waals surface area contributed by atoms with Gasteiger partial charge in [0, 0.05) is 55.4 Å². The first-order valence-corrected chi connectivity index (χ1v) is 9.12. The lowest BCUT2D eigenvalue weighted by molar-refractivity contribution is 0.0994. The number of anilines is 2. The SMILES string of the molecule is C[C@@H]1C[C@H](N)CN(c2ccncc2CC(=O)c2c(N)oc3cccnc23)C1. The summed E-state index contributed by atoms with van der Waals surface area (Å²) in [5.41, 5.74) is 15.4. The number of nitrogens with two attached hydrogens (primary N) is 2. The monoisotopic (exact) mass is 365 g/mol. The number of carbonyl (C=O) groups is 1. The Morgan fingerprint density at radius 2 is 2.19 bits per heavy atom. The highest BCUT2D eigenvalue weighted by molar-refractivity contribution is 6.10. The van der Waals surface area contributed by atoms with Crippen LogP contribution in [0.5, 0.6) is 0 Å². The minimum Gasteiger partial charge on any atom is -0.438 e. The standard InChI is InChI=1S/C20H23N5O2/c1-12-7-14(21)11-25(10-12)15-4-6-23-9-13(15)8-16(26)18-19-17(27-20(18)22)3-2-5-24-19/h2-6,9,12,14H,7-8,10-11,21-22H2,1H3/t12-,14+/m1/s1. The molecule has 0 bridgehead atoms. The summed E-state index contributed by atoms with van der Waals surface area (Å²) < 4.78 is 5.48. The Morgan fingerprint density at radius 3 is 3.00 bits per heavy atom. The molecule has 3 aromatic rings. The number of ketones is 1. The number of fused-ring (bicyclic) bond motifs is 1. The maximum atomic E-state index is 13.0. The number of piperidine rings is 1. The van der Waals surface area contributed by atoms with Gasteiger partial charge in [-0.15, -0.1) is 0 Å². The van der Waals surface area contributed by atoms with Crippen LogP contribution in [0.25, 0.3) is 11.1 Å². The molecule has 2 atom stereocenters. The molecule has 4 rings (SSSR count). The summed E-state index contributed by atoms with van der Waals surface area (Å²) in [6.45, 7) is 3.88. The van der Waals surface area contributed by atoms with E-state index < -0.39 is 0 Å². The largest absolute Gasteiger partial charge is 0.438 e. The van der Waals surface area contributed by atoms with Crippen molar-refractivity contribution in [3.63, 3.8) is 0 Å². The first-order chi connectivity index (χ1) is 13.0. The number of nitrogens with zero attached hydrogens (tertiary/aromatic N) is 3. The van der Waals surface area contributed by atoms with Crippen molar-refractivity contribution in [2.45, 2.75) is 25.8 Å². The van der Waals surface area contributed by atoms with Crippen molar-refractivity contribution >= 4 is 28.5 Å². The van der Waals surface area contributed by atoms with E-state index in [-0.39, 0.29) is 24.1 Å². The highest BCUT2D eigenvalue weighted by atomic mass is 16.3. The number of rotatable bonds is 4. The molecule has 0 aliphatic carbocycles. The maximum Gasteiger partial charge on any atom is 0.204 e. The Morgan fingerprint density at radius 1 is 1.33 bits per heavy atom. The van der Waals surface area contributed by atoms with E-state index in [1.807, 2.05) is 6.07 Å². The van der Waals surface area contributed by atoms with Gasteiger partial charge in [0.05, 0.1) is 0 Å². The van der Waals surface area contributed by atoms with E-state index in [9.17, 15) is 4.79 Å². The minimum atomic E-state index is -0.131. The van der Waals surface area contributed by atoms with Gasteiger partial charge in [-0.25, -0.2) is 0 Å². The molecule has 4 N–H and O–H groups in total. The summed E-state index contributed by atoms with van der Waals surface area (Å²) in [6, 6.07) is 5.58. The molecule has 0 saturated carbocycles. The van der Waals surface area contributed by atoms with Crippen LogP contribution in [0.3, 0.4) is 0 Å². The summed E-state index contributed by atoms with van der Waals surface area (Å²) in [5.74, 6) is 0.476. The van der Waals surface area contributed by atoms with Gasteiger partial charge in [0.2, 0.25) is 5.88 Å². The van der Waals surface area contributed by atoms with Gasteiger partial charge in [0.15, 0.2) is 11.4 Å². The number of Topliss-reactive ketones (excluding diaryl/α,β-unsaturated/α-hetero) is 1. The van der Waals surface area contributed by atoms with Crippen molar-refractivity contribution in [3.8, 4) is 0 Å². The average Bonchev–Trinajstić information content (AvgIpc) is 2.97. The van der Waals surface area contributed by atoms with Crippen molar-refractivity contribution < 1.29 is 9.21 Å². The zero-order valence-electron chi connectivity index (χ0n) is 15.3. The summed E-state index contributed by atoms with van der Waals surface area (Å²) in [6.07, 6.45) is 6.30. The van der Waals surface area contributed by atoms with Crippen LogP contribution in [-0.2, 0) is 6.42 Å². The second kappa shape index (κ2) is 7.00. The lowest BCUT2D eigenvalue weighted by Gasteiger charge is -2.37. The van der Waals surface area contributed by atoms with E-state index in [4.69, 9.17) is 15.9 Å². The lowest BCUT2D eigenvalue weighted by atomic mass is 9.95. The Hall–Kier alpha value is -2.93. The molecule has 7 heteroatoms. The van der Waals surface area contributed by atoms with E-state index in [2.05, 4.69) is 21.8 Å². The number of furan rings is 1. The molecule has 0 unspecified atom stereocenters. The van der Waals surface area contributed by atoms with Gasteiger partial charge in [0.1, 0.15) is 11.1 Å². The smallest absolute Gasteiger partial charge is 0.204 e. The number of nitrogen functional groups attached to an aromatic ring is 1. The Bertz CT molecular complexity index is 973. The highest BCUT2D eigenvalue weighted by Crippen LogP contribution is 2.30. The molecule has 3 aromatic heterocycles. The van der Waals surface area contributed by atoms with Gasteiger partial charge in [-0.2, -0.15) is 0 Å². The summed E-state index contributed by atoms with van der Waals surface area (Å²) >= 11 is 0. The van der Waals surface area contributed by atoms with Crippen LogP contribution in [0.1, 0.15) is 29.3 Å². The number of hydrogen-bond acceptors (Lipinski definition) is 7. The van der Waals surface area contributed by atoms with Crippen LogP contribution in [0.2, 0.25) is 0 Å². The Labute approximate surface area is 157 Å². The number of aromatic nitrogens is 2. The fourth-order valence-electron chi connectivity index (χ4n) is 3.94. The molecule has 0 amide bonds. The fraction of sp³-hybridized carbons (Fsp3) is 0.350. The van der Waals surface area contributed by atoms with Crippen LogP contribution in [0.15, 0.2) is 41.2 Å². The molecule has 7 nitrogen and oxygen atoms in total. The second-order valence-electron chi connectivity index (χ2n) is 7.30. The molecule has 4 heterocycles. The van der Waals surface area contributed by atoms with Crippen LogP contribution >= 0.6 is 0 Å². The Balaban J connectivity index is 1.65. The van der Waals surface area contributed by atoms with E-state index in [0.29, 0.717) is 22.6 Å². The van der Waals surface area contributed by atoms with Crippen molar-refractivity contribution in [3.05, 3.63) is 47.9 Å². The average molecular weight is 365 g/mol. The molecule has 0 spiro atoms. The van der Waals surface area contributed by atoms with Crippen molar-refractivity contribution in [1.82, 2.24) is 9.97 Å². The van der Waals surface area contributed by atoms with Crippen LogP contribution in [0, 0.1) is 5.92 Å². The number of hydrogen-bond donors (Lipinski definition) is 2. The van der Waals surface area contributed by atoms with Crippen molar-refractivity contribution in [1.29, 1.82) is 0 Å². The van der Waals surface area contributed by atoms with Crippen LogP contribution in [0.4, 0.5) is 11.6 Å². The van der Waals surface area contributed by atoms with Gasteiger partial charge in [-0.05, 0) is 30.5 Å². The fourth-order valence-corrected chi connectivity index (χ4v) is 3.94. The lowest BCUT2D eigenvalue weighted by Crippen LogP contribution is -2.46. The number of carbonyl (C=O) groups excluding carboxylic acids is 1. The minimum absolute atomic E-state index is 0.104. The van der Waals surface area contributed by atoms with Gasteiger partial charge in [0.25, 0.3) is 0 Å². The molecule has 27 heavy (non-hydrogen) atoms. The molecular weight excluding hydrogens is 342 g/mol.